The molecule has 1 fully saturated rings. The van der Waals surface area contributed by atoms with Gasteiger partial charge >= 0.3 is 5.97 Å². The van der Waals surface area contributed by atoms with Crippen molar-refractivity contribution >= 4 is 39.7 Å². The molecule has 1 saturated carbocycles. The van der Waals surface area contributed by atoms with Crippen LogP contribution in [0.2, 0.25) is 0 Å². The first kappa shape index (κ1) is 22.0. The van der Waals surface area contributed by atoms with Crippen molar-refractivity contribution in [2.75, 3.05) is 5.32 Å². The van der Waals surface area contributed by atoms with Crippen LogP contribution in [0.1, 0.15) is 42.5 Å². The molecule has 9 nitrogen and oxygen atoms in total. The fraction of sp³-hybridized carbons (Fsp3) is 0.292. The minimum absolute atomic E-state index is 0.0557. The summed E-state index contributed by atoms with van der Waals surface area (Å²) in [4.78, 5) is 29.2. The fourth-order valence-corrected chi connectivity index (χ4v) is 5.02. The molecule has 34 heavy (non-hydrogen) atoms. The number of carbonyl (C=O) groups is 2. The monoisotopic (exact) mass is 476 g/mol. The molecule has 10 heteroatoms. The Hall–Kier alpha value is -3.79. The van der Waals surface area contributed by atoms with Gasteiger partial charge in [0.15, 0.2) is 16.6 Å². The lowest BCUT2D eigenvalue weighted by Crippen LogP contribution is -2.46. The van der Waals surface area contributed by atoms with E-state index in [-0.39, 0.29) is 5.92 Å². The third-order valence-corrected chi connectivity index (χ3v) is 6.87. The third-order valence-electron chi connectivity index (χ3n) is 6.18. The molecule has 1 aromatic carbocycles. The summed E-state index contributed by atoms with van der Waals surface area (Å²) in [7, 11) is 0. The van der Waals surface area contributed by atoms with Crippen LogP contribution in [0.3, 0.4) is 0 Å². The van der Waals surface area contributed by atoms with E-state index in [0.29, 0.717) is 17.0 Å². The van der Waals surface area contributed by atoms with Crippen LogP contribution in [-0.2, 0) is 4.79 Å². The Labute approximate surface area is 199 Å². The maximum Gasteiger partial charge on any atom is 0.326 e. The predicted molar refractivity (Wildman–Crippen MR) is 129 cm³/mol. The molecule has 0 radical (unpaired) electrons. The molecule has 5 rings (SSSR count). The highest BCUT2D eigenvalue weighted by molar-refractivity contribution is 7.13. The van der Waals surface area contributed by atoms with Crippen LogP contribution < -0.4 is 10.6 Å². The number of aliphatic carboxylic acids is 1. The number of amides is 1. The molecule has 3 aromatic heterocycles. The van der Waals surface area contributed by atoms with Gasteiger partial charge in [-0.25, -0.2) is 9.78 Å². The maximum atomic E-state index is 13.1. The van der Waals surface area contributed by atoms with E-state index in [4.69, 9.17) is 0 Å². The molecule has 0 aliphatic heterocycles. The Morgan fingerprint density at radius 3 is 2.59 bits per heavy atom. The summed E-state index contributed by atoms with van der Waals surface area (Å²) in [6, 6.07) is 10.2. The molecule has 3 heterocycles. The third kappa shape index (κ3) is 4.49. The normalized spacial score (nSPS) is 15.2. The second-order valence-electron chi connectivity index (χ2n) is 8.37. The van der Waals surface area contributed by atoms with Crippen LogP contribution >= 0.6 is 11.3 Å². The van der Waals surface area contributed by atoms with Crippen molar-refractivity contribution in [3.63, 3.8) is 0 Å². The topological polar surface area (TPSA) is 122 Å². The van der Waals surface area contributed by atoms with Gasteiger partial charge in [0.05, 0.1) is 5.56 Å². The van der Waals surface area contributed by atoms with E-state index >= 15 is 0 Å². The van der Waals surface area contributed by atoms with Crippen molar-refractivity contribution in [3.05, 3.63) is 59.7 Å². The summed E-state index contributed by atoms with van der Waals surface area (Å²) in [5, 5.41) is 27.0. The lowest BCUT2D eigenvalue weighted by atomic mass is 9.84. The number of nitrogens with one attached hydrogen (secondary N) is 2. The number of pyridine rings is 1. The molecule has 0 unspecified atom stereocenters. The highest BCUT2D eigenvalue weighted by Crippen LogP contribution is 2.28. The first-order valence-electron chi connectivity index (χ1n) is 11.2. The minimum atomic E-state index is -0.999. The summed E-state index contributed by atoms with van der Waals surface area (Å²) in [6.45, 7) is 0. The molecule has 1 amide bonds. The number of thiazole rings is 1. The second-order valence-corrected chi connectivity index (χ2v) is 9.26. The Morgan fingerprint density at radius 2 is 1.88 bits per heavy atom. The number of carboxylic acids is 1. The number of nitrogens with zero attached hydrogens (tertiary/aromatic N) is 4. The molecule has 0 saturated heterocycles. The zero-order chi connectivity index (χ0) is 23.5. The Morgan fingerprint density at radius 1 is 1.09 bits per heavy atom. The zero-order valence-corrected chi connectivity index (χ0v) is 19.2. The SMILES string of the molecule is O=C(N[C@H](C(=O)O)C1CCCCC1)c1cccn2c(-c3ccc(Nc4nccs4)cc3)nnc12. The molecule has 1 atom stereocenters. The van der Waals surface area contributed by atoms with E-state index in [1.807, 2.05) is 29.6 Å². The van der Waals surface area contributed by atoms with Crippen molar-refractivity contribution in [1.82, 2.24) is 24.9 Å². The van der Waals surface area contributed by atoms with E-state index in [0.717, 1.165) is 48.5 Å². The van der Waals surface area contributed by atoms with Crippen LogP contribution in [0.15, 0.2) is 54.2 Å². The summed E-state index contributed by atoms with van der Waals surface area (Å²) in [5.74, 6) is -0.918. The highest BCUT2D eigenvalue weighted by Gasteiger charge is 2.31. The van der Waals surface area contributed by atoms with Gasteiger partial charge in [-0.1, -0.05) is 19.3 Å². The summed E-state index contributed by atoms with van der Waals surface area (Å²) in [5.41, 5.74) is 2.41. The van der Waals surface area contributed by atoms with E-state index in [1.54, 1.807) is 28.9 Å². The van der Waals surface area contributed by atoms with Gasteiger partial charge in [0, 0.05) is 29.0 Å². The van der Waals surface area contributed by atoms with Crippen LogP contribution in [0.5, 0.6) is 0 Å². The number of anilines is 2. The van der Waals surface area contributed by atoms with Crippen molar-refractivity contribution in [2.24, 2.45) is 5.92 Å². The molecule has 1 aliphatic rings. The van der Waals surface area contributed by atoms with Gasteiger partial charge < -0.3 is 15.7 Å². The number of fused-ring (bicyclic) bond motifs is 1. The number of hydrogen-bond donors (Lipinski definition) is 3. The van der Waals surface area contributed by atoms with Crippen molar-refractivity contribution < 1.29 is 14.7 Å². The average Bonchev–Trinajstić information content (AvgIpc) is 3.53. The quantitative estimate of drug-likeness (QED) is 0.362. The average molecular weight is 477 g/mol. The Balaban J connectivity index is 1.38. The van der Waals surface area contributed by atoms with Gasteiger partial charge in [-0.2, -0.15) is 0 Å². The van der Waals surface area contributed by atoms with E-state index in [1.165, 1.54) is 11.3 Å². The van der Waals surface area contributed by atoms with Gasteiger partial charge in [-0.3, -0.25) is 9.20 Å². The van der Waals surface area contributed by atoms with Crippen LogP contribution in [0.25, 0.3) is 17.0 Å². The number of rotatable bonds is 7. The number of hydrogen-bond acceptors (Lipinski definition) is 7. The first-order valence-corrected chi connectivity index (χ1v) is 12.1. The van der Waals surface area contributed by atoms with Gasteiger partial charge in [0.2, 0.25) is 0 Å². The largest absolute Gasteiger partial charge is 0.480 e. The van der Waals surface area contributed by atoms with Crippen LogP contribution in [0, 0.1) is 5.92 Å². The minimum Gasteiger partial charge on any atom is -0.480 e. The van der Waals surface area contributed by atoms with Crippen LogP contribution in [-0.4, -0.2) is 42.6 Å². The number of carbonyl (C=O) groups excluding carboxylic acids is 1. The van der Waals surface area contributed by atoms with Gasteiger partial charge in [-0.05, 0) is 55.2 Å². The lowest BCUT2D eigenvalue weighted by molar-refractivity contribution is -0.141. The van der Waals surface area contributed by atoms with Gasteiger partial charge in [0.25, 0.3) is 5.91 Å². The lowest BCUT2D eigenvalue weighted by Gasteiger charge is -2.28. The fourth-order valence-electron chi connectivity index (χ4n) is 4.47. The van der Waals surface area contributed by atoms with Crippen molar-refractivity contribution in [3.8, 4) is 11.4 Å². The molecule has 3 N–H and O–H groups in total. The molecule has 0 bridgehead atoms. The predicted octanol–water partition coefficient (Wildman–Crippen LogP) is 4.36. The van der Waals surface area contributed by atoms with Crippen molar-refractivity contribution in [2.45, 2.75) is 38.1 Å². The smallest absolute Gasteiger partial charge is 0.326 e. The second kappa shape index (κ2) is 9.60. The summed E-state index contributed by atoms with van der Waals surface area (Å²) in [6.07, 6.45) is 8.25. The Kier molecular flexibility index (Phi) is 6.22. The molecule has 0 spiro atoms. The van der Waals surface area contributed by atoms with Crippen molar-refractivity contribution in [1.29, 1.82) is 0 Å². The molecular weight excluding hydrogens is 452 g/mol. The van der Waals surface area contributed by atoms with Gasteiger partial charge in [0.1, 0.15) is 6.04 Å². The van der Waals surface area contributed by atoms with E-state index in [2.05, 4.69) is 25.8 Å². The molecular formula is C24H24N6O3S. The summed E-state index contributed by atoms with van der Waals surface area (Å²) >= 11 is 1.52. The number of aromatic nitrogens is 4. The first-order chi connectivity index (χ1) is 16.6. The number of carboxylic acid groups (broad SMARTS) is 1. The standard InChI is InChI=1S/C24H24N6O3S/c31-22(27-19(23(32)33)15-5-2-1-3-6-15)18-7-4-13-30-20(28-29-21(18)30)16-8-10-17(11-9-16)26-24-25-12-14-34-24/h4,7-15,19H,1-3,5-6H2,(H,25,26)(H,27,31)(H,32,33)/t19-/m0/s1. The van der Waals surface area contributed by atoms with E-state index in [9.17, 15) is 14.7 Å². The highest BCUT2D eigenvalue weighted by atomic mass is 32.1. The molecule has 1 aliphatic carbocycles. The molecule has 174 valence electrons. The number of benzene rings is 1. The zero-order valence-electron chi connectivity index (χ0n) is 18.3. The van der Waals surface area contributed by atoms with Gasteiger partial charge in [-0.15, -0.1) is 21.5 Å². The van der Waals surface area contributed by atoms with Crippen LogP contribution in [0.4, 0.5) is 10.8 Å². The maximum absolute atomic E-state index is 13.1. The molecule has 4 aromatic rings. The summed E-state index contributed by atoms with van der Waals surface area (Å²) < 4.78 is 1.74. The van der Waals surface area contributed by atoms with E-state index < -0.39 is 17.9 Å². The Bertz CT molecular complexity index is 1300.